The highest BCUT2D eigenvalue weighted by atomic mass is 16.3. The van der Waals surface area contributed by atoms with Crippen LogP contribution in [0.25, 0.3) is 0 Å². The average Bonchev–Trinajstić information content (AvgIpc) is 3.31. The molecule has 24 heavy (non-hydrogen) atoms. The normalized spacial score (nSPS) is 25.8. The van der Waals surface area contributed by atoms with Gasteiger partial charge in [0.05, 0.1) is 18.8 Å². The third kappa shape index (κ3) is 3.48. The Balaban J connectivity index is 1.61. The lowest BCUT2D eigenvalue weighted by atomic mass is 10.0. The number of carbonyl (C=O) groups excluding carboxylic acids is 2. The first-order chi connectivity index (χ1) is 11.6. The molecule has 2 aliphatic rings. The summed E-state index contributed by atoms with van der Waals surface area (Å²) in [6, 6.07) is 4.03. The Hall–Kier alpha value is -1.82. The van der Waals surface area contributed by atoms with Crippen molar-refractivity contribution in [1.82, 2.24) is 15.1 Å². The Bertz CT molecular complexity index is 572. The summed E-state index contributed by atoms with van der Waals surface area (Å²) in [7, 11) is 0. The van der Waals surface area contributed by atoms with Gasteiger partial charge in [-0.2, -0.15) is 0 Å². The minimum Gasteiger partial charge on any atom is -0.467 e. The van der Waals surface area contributed by atoms with E-state index in [4.69, 9.17) is 4.42 Å². The topological polar surface area (TPSA) is 65.8 Å². The van der Waals surface area contributed by atoms with Crippen molar-refractivity contribution in [2.45, 2.75) is 64.2 Å². The van der Waals surface area contributed by atoms with Gasteiger partial charge < -0.3 is 14.6 Å². The summed E-state index contributed by atoms with van der Waals surface area (Å²) in [6.45, 7) is 5.79. The van der Waals surface area contributed by atoms with Gasteiger partial charge in [0, 0.05) is 25.6 Å². The molecule has 132 valence electrons. The lowest BCUT2D eigenvalue weighted by Gasteiger charge is -2.37. The van der Waals surface area contributed by atoms with Crippen LogP contribution in [-0.4, -0.2) is 52.8 Å². The molecule has 1 aromatic heterocycles. The molecular weight excluding hydrogens is 306 g/mol. The summed E-state index contributed by atoms with van der Waals surface area (Å²) in [5, 5.41) is 2.95. The monoisotopic (exact) mass is 333 g/mol. The molecule has 2 fully saturated rings. The van der Waals surface area contributed by atoms with Crippen molar-refractivity contribution in [3.8, 4) is 0 Å². The number of furan rings is 1. The summed E-state index contributed by atoms with van der Waals surface area (Å²) in [5.41, 5.74) is 0. The highest BCUT2D eigenvalue weighted by Gasteiger charge is 2.41. The van der Waals surface area contributed by atoms with Gasteiger partial charge in [-0.3, -0.25) is 14.5 Å². The molecule has 0 bridgehead atoms. The molecule has 0 unspecified atom stereocenters. The second-order valence-electron chi connectivity index (χ2n) is 6.84. The number of nitrogens with zero attached hydrogens (tertiary/aromatic N) is 2. The first kappa shape index (κ1) is 17.0. The highest BCUT2D eigenvalue weighted by Crippen LogP contribution is 2.31. The van der Waals surface area contributed by atoms with E-state index in [9.17, 15) is 9.59 Å². The standard InChI is InChI=1S/C18H27N3O3/c1-13(18(23)19-12-15-6-5-11-24-15)20-9-3-7-16(20)17-8-4-10-21(17)14(2)22/h5-6,11,13,16-17H,3-4,7-10,12H2,1-2H3,(H,19,23)/t13-,16+,17-/m1/s1. The van der Waals surface area contributed by atoms with E-state index in [-0.39, 0.29) is 23.9 Å². The van der Waals surface area contributed by atoms with Gasteiger partial charge in [-0.1, -0.05) is 0 Å². The lowest BCUT2D eigenvalue weighted by molar-refractivity contribution is -0.131. The SMILES string of the molecule is CC(=O)N1CCC[C@@H]1[C@@H]1CCCN1[C@H](C)C(=O)NCc1ccco1. The van der Waals surface area contributed by atoms with E-state index in [0.29, 0.717) is 12.6 Å². The molecular formula is C18H27N3O3. The molecule has 2 aliphatic heterocycles. The van der Waals surface area contributed by atoms with Gasteiger partial charge in [0.1, 0.15) is 5.76 Å². The van der Waals surface area contributed by atoms with E-state index in [1.54, 1.807) is 13.2 Å². The molecule has 0 saturated carbocycles. The summed E-state index contributed by atoms with van der Waals surface area (Å²) >= 11 is 0. The molecule has 0 aliphatic carbocycles. The van der Waals surface area contributed by atoms with E-state index in [1.165, 1.54) is 0 Å². The lowest BCUT2D eigenvalue weighted by Crippen LogP contribution is -2.53. The van der Waals surface area contributed by atoms with Crippen LogP contribution in [0.2, 0.25) is 0 Å². The molecule has 3 atom stereocenters. The van der Waals surface area contributed by atoms with E-state index in [0.717, 1.165) is 44.5 Å². The molecule has 6 heteroatoms. The first-order valence-electron chi connectivity index (χ1n) is 8.91. The number of hydrogen-bond donors (Lipinski definition) is 1. The maximum absolute atomic E-state index is 12.5. The molecule has 0 radical (unpaired) electrons. The Kier molecular flexibility index (Phi) is 5.23. The predicted molar refractivity (Wildman–Crippen MR) is 90.2 cm³/mol. The van der Waals surface area contributed by atoms with Crippen LogP contribution < -0.4 is 5.32 Å². The number of hydrogen-bond acceptors (Lipinski definition) is 4. The van der Waals surface area contributed by atoms with E-state index >= 15 is 0 Å². The Morgan fingerprint density at radius 3 is 2.75 bits per heavy atom. The van der Waals surface area contributed by atoms with Crippen LogP contribution in [0.15, 0.2) is 22.8 Å². The quantitative estimate of drug-likeness (QED) is 0.892. The Labute approximate surface area is 143 Å². The number of nitrogens with one attached hydrogen (secondary N) is 1. The Morgan fingerprint density at radius 2 is 2.04 bits per heavy atom. The minimum atomic E-state index is -0.193. The summed E-state index contributed by atoms with van der Waals surface area (Å²) in [6.07, 6.45) is 5.86. The van der Waals surface area contributed by atoms with E-state index in [2.05, 4.69) is 10.2 Å². The number of rotatable bonds is 5. The van der Waals surface area contributed by atoms with Crippen molar-refractivity contribution in [3.63, 3.8) is 0 Å². The van der Waals surface area contributed by atoms with Gasteiger partial charge >= 0.3 is 0 Å². The van der Waals surface area contributed by atoms with Gasteiger partial charge in [-0.25, -0.2) is 0 Å². The molecule has 0 spiro atoms. The van der Waals surface area contributed by atoms with Crippen LogP contribution in [0, 0.1) is 0 Å². The maximum Gasteiger partial charge on any atom is 0.237 e. The molecule has 1 aromatic rings. The van der Waals surface area contributed by atoms with Crippen LogP contribution in [0.5, 0.6) is 0 Å². The predicted octanol–water partition coefficient (Wildman–Crippen LogP) is 1.76. The fourth-order valence-corrected chi connectivity index (χ4v) is 4.18. The third-order valence-corrected chi connectivity index (χ3v) is 5.38. The van der Waals surface area contributed by atoms with Gasteiger partial charge in [0.15, 0.2) is 0 Å². The van der Waals surface area contributed by atoms with Gasteiger partial charge in [-0.15, -0.1) is 0 Å². The van der Waals surface area contributed by atoms with Crippen LogP contribution in [-0.2, 0) is 16.1 Å². The van der Waals surface area contributed by atoms with Crippen molar-refractivity contribution in [2.24, 2.45) is 0 Å². The summed E-state index contributed by atoms with van der Waals surface area (Å²) < 4.78 is 5.26. The third-order valence-electron chi connectivity index (χ3n) is 5.38. The van der Waals surface area contributed by atoms with Crippen molar-refractivity contribution < 1.29 is 14.0 Å². The number of carbonyl (C=O) groups is 2. The molecule has 2 saturated heterocycles. The van der Waals surface area contributed by atoms with Crippen LogP contribution in [0.1, 0.15) is 45.3 Å². The second-order valence-corrected chi connectivity index (χ2v) is 6.84. The van der Waals surface area contributed by atoms with Crippen molar-refractivity contribution in [2.75, 3.05) is 13.1 Å². The summed E-state index contributed by atoms with van der Waals surface area (Å²) in [5.74, 6) is 0.928. The zero-order valence-corrected chi connectivity index (χ0v) is 14.5. The van der Waals surface area contributed by atoms with Gasteiger partial charge in [0.2, 0.25) is 11.8 Å². The Morgan fingerprint density at radius 1 is 1.29 bits per heavy atom. The average molecular weight is 333 g/mol. The number of amides is 2. The zero-order chi connectivity index (χ0) is 17.1. The van der Waals surface area contributed by atoms with Crippen LogP contribution >= 0.6 is 0 Å². The van der Waals surface area contributed by atoms with E-state index < -0.39 is 0 Å². The first-order valence-corrected chi connectivity index (χ1v) is 8.91. The fraction of sp³-hybridized carbons (Fsp3) is 0.667. The molecule has 0 aromatic carbocycles. The smallest absolute Gasteiger partial charge is 0.237 e. The second kappa shape index (κ2) is 7.38. The van der Waals surface area contributed by atoms with E-state index in [1.807, 2.05) is 24.0 Å². The molecule has 2 amide bonds. The van der Waals surface area contributed by atoms with Crippen molar-refractivity contribution >= 4 is 11.8 Å². The maximum atomic E-state index is 12.5. The minimum absolute atomic E-state index is 0.0191. The van der Waals surface area contributed by atoms with Crippen LogP contribution in [0.3, 0.4) is 0 Å². The molecule has 3 heterocycles. The molecule has 6 nitrogen and oxygen atoms in total. The van der Waals surface area contributed by atoms with Gasteiger partial charge in [0.25, 0.3) is 0 Å². The van der Waals surface area contributed by atoms with Gasteiger partial charge in [-0.05, 0) is 51.3 Å². The number of likely N-dealkylation sites (tertiary alicyclic amines) is 2. The van der Waals surface area contributed by atoms with Crippen molar-refractivity contribution in [1.29, 1.82) is 0 Å². The highest BCUT2D eigenvalue weighted by molar-refractivity contribution is 5.81. The van der Waals surface area contributed by atoms with Crippen LogP contribution in [0.4, 0.5) is 0 Å². The molecule has 3 rings (SSSR count). The zero-order valence-electron chi connectivity index (χ0n) is 14.5. The fourth-order valence-electron chi connectivity index (χ4n) is 4.18. The molecule has 1 N–H and O–H groups in total. The largest absolute Gasteiger partial charge is 0.467 e. The summed E-state index contributed by atoms with van der Waals surface area (Å²) in [4.78, 5) is 28.7. The van der Waals surface area contributed by atoms with Crippen molar-refractivity contribution in [3.05, 3.63) is 24.2 Å².